The second-order valence-corrected chi connectivity index (χ2v) is 4.50. The summed E-state index contributed by atoms with van der Waals surface area (Å²) in [5.41, 5.74) is 0. The molecule has 5 nitrogen and oxygen atoms in total. The van der Waals surface area contributed by atoms with E-state index in [1.807, 2.05) is 0 Å². The van der Waals surface area contributed by atoms with Gasteiger partial charge in [0, 0.05) is 38.8 Å². The number of aliphatic hydroxyl groups is 1. The highest BCUT2D eigenvalue weighted by molar-refractivity contribution is 7.99. The first-order valence-corrected chi connectivity index (χ1v) is 6.52. The van der Waals surface area contributed by atoms with Gasteiger partial charge in [-0.25, -0.2) is 0 Å². The summed E-state index contributed by atoms with van der Waals surface area (Å²) in [6.07, 6.45) is 1.11. The maximum atomic E-state index is 11.2. The van der Waals surface area contributed by atoms with E-state index in [0.29, 0.717) is 19.5 Å². The predicted octanol–water partition coefficient (Wildman–Crippen LogP) is -0.256. The van der Waals surface area contributed by atoms with Gasteiger partial charge in [0.25, 0.3) is 0 Å². The molecular weight excluding hydrogens is 228 g/mol. The summed E-state index contributed by atoms with van der Waals surface area (Å²) in [6, 6.07) is 0. The highest BCUT2D eigenvalue weighted by atomic mass is 32.2. The summed E-state index contributed by atoms with van der Waals surface area (Å²) in [5, 5.41) is 13.9. The number of nitrogens with one attached hydrogen (secondary N) is 2. The van der Waals surface area contributed by atoms with Crippen molar-refractivity contribution < 1.29 is 14.7 Å². The van der Waals surface area contributed by atoms with E-state index in [-0.39, 0.29) is 18.4 Å². The van der Waals surface area contributed by atoms with Crippen LogP contribution in [-0.2, 0) is 9.59 Å². The van der Waals surface area contributed by atoms with Crippen molar-refractivity contribution in [2.75, 3.05) is 31.2 Å². The maximum absolute atomic E-state index is 11.2. The molecule has 0 spiro atoms. The number of rotatable bonds is 9. The third kappa shape index (κ3) is 11.3. The highest BCUT2D eigenvalue weighted by Crippen LogP contribution is 1.99. The molecule has 0 heterocycles. The molecule has 0 aliphatic carbocycles. The maximum Gasteiger partial charge on any atom is 0.221 e. The van der Waals surface area contributed by atoms with E-state index in [0.717, 1.165) is 17.9 Å². The van der Waals surface area contributed by atoms with Gasteiger partial charge in [-0.2, -0.15) is 11.8 Å². The van der Waals surface area contributed by atoms with Crippen LogP contribution >= 0.6 is 11.8 Å². The van der Waals surface area contributed by atoms with Crippen molar-refractivity contribution in [1.82, 2.24) is 10.6 Å². The van der Waals surface area contributed by atoms with E-state index >= 15 is 0 Å². The topological polar surface area (TPSA) is 78.4 Å². The molecule has 0 unspecified atom stereocenters. The van der Waals surface area contributed by atoms with E-state index in [2.05, 4.69) is 10.6 Å². The van der Waals surface area contributed by atoms with Gasteiger partial charge in [-0.15, -0.1) is 0 Å². The number of carbonyl (C=O) groups excluding carboxylic acids is 2. The van der Waals surface area contributed by atoms with Crippen LogP contribution in [0.15, 0.2) is 0 Å². The molecule has 0 bridgehead atoms. The Labute approximate surface area is 100 Å². The second kappa shape index (κ2) is 10.8. The average Bonchev–Trinajstić information content (AvgIpc) is 2.22. The number of hydrogen-bond donors (Lipinski definition) is 3. The Morgan fingerprint density at radius 2 is 1.94 bits per heavy atom. The van der Waals surface area contributed by atoms with Crippen molar-refractivity contribution in [1.29, 1.82) is 0 Å². The third-order valence-electron chi connectivity index (χ3n) is 1.74. The van der Waals surface area contributed by atoms with E-state index in [1.165, 1.54) is 6.92 Å². The Balaban J connectivity index is 3.20. The van der Waals surface area contributed by atoms with Crippen molar-refractivity contribution in [3.05, 3.63) is 0 Å². The van der Waals surface area contributed by atoms with Crippen LogP contribution in [0.4, 0.5) is 0 Å². The molecule has 16 heavy (non-hydrogen) atoms. The normalized spacial score (nSPS) is 9.88. The minimum Gasteiger partial charge on any atom is -0.396 e. The quantitative estimate of drug-likeness (QED) is 0.491. The molecule has 0 saturated heterocycles. The third-order valence-corrected chi connectivity index (χ3v) is 2.81. The fraction of sp³-hybridized carbons (Fsp3) is 0.800. The zero-order valence-corrected chi connectivity index (χ0v) is 10.4. The SMILES string of the molecule is CC(=O)NCCC(=O)NCCSCCCO. The molecule has 0 aromatic heterocycles. The first kappa shape index (κ1) is 15.2. The van der Waals surface area contributed by atoms with E-state index in [4.69, 9.17) is 5.11 Å². The van der Waals surface area contributed by atoms with Gasteiger partial charge < -0.3 is 15.7 Å². The summed E-state index contributed by atoms with van der Waals surface area (Å²) in [5.74, 6) is 1.60. The van der Waals surface area contributed by atoms with Crippen molar-refractivity contribution >= 4 is 23.6 Å². The van der Waals surface area contributed by atoms with Crippen LogP contribution in [0.5, 0.6) is 0 Å². The van der Waals surface area contributed by atoms with E-state index < -0.39 is 0 Å². The van der Waals surface area contributed by atoms with Crippen LogP contribution in [0.25, 0.3) is 0 Å². The number of amides is 2. The molecule has 0 atom stereocenters. The zero-order chi connectivity index (χ0) is 12.2. The summed E-state index contributed by atoms with van der Waals surface area (Å²) in [4.78, 5) is 21.7. The van der Waals surface area contributed by atoms with Crippen molar-refractivity contribution in [2.45, 2.75) is 19.8 Å². The molecule has 0 saturated carbocycles. The lowest BCUT2D eigenvalue weighted by Gasteiger charge is -2.05. The summed E-state index contributed by atoms with van der Waals surface area (Å²) in [6.45, 7) is 2.67. The van der Waals surface area contributed by atoms with Crippen LogP contribution in [0.1, 0.15) is 19.8 Å². The van der Waals surface area contributed by atoms with Gasteiger partial charge in [-0.05, 0) is 12.2 Å². The molecule has 0 radical (unpaired) electrons. The van der Waals surface area contributed by atoms with Crippen LogP contribution in [0.2, 0.25) is 0 Å². The number of carbonyl (C=O) groups is 2. The van der Waals surface area contributed by atoms with Crippen LogP contribution in [-0.4, -0.2) is 48.1 Å². The minimum atomic E-state index is -0.118. The van der Waals surface area contributed by atoms with Crippen LogP contribution < -0.4 is 10.6 Å². The first-order chi connectivity index (χ1) is 7.66. The molecule has 2 amide bonds. The number of hydrogen-bond acceptors (Lipinski definition) is 4. The molecule has 0 aliphatic rings. The molecule has 3 N–H and O–H groups in total. The summed E-state index contributed by atoms with van der Waals surface area (Å²) >= 11 is 1.70. The molecule has 0 aromatic carbocycles. The lowest BCUT2D eigenvalue weighted by atomic mass is 10.4. The zero-order valence-electron chi connectivity index (χ0n) is 9.62. The Morgan fingerprint density at radius 1 is 1.19 bits per heavy atom. The number of aliphatic hydroxyl groups excluding tert-OH is 1. The van der Waals surface area contributed by atoms with Crippen molar-refractivity contribution in [3.8, 4) is 0 Å². The summed E-state index contributed by atoms with van der Waals surface area (Å²) in [7, 11) is 0. The van der Waals surface area contributed by atoms with Crippen LogP contribution in [0.3, 0.4) is 0 Å². The first-order valence-electron chi connectivity index (χ1n) is 5.36. The van der Waals surface area contributed by atoms with Gasteiger partial charge >= 0.3 is 0 Å². The monoisotopic (exact) mass is 248 g/mol. The summed E-state index contributed by atoms with van der Waals surface area (Å²) < 4.78 is 0. The largest absolute Gasteiger partial charge is 0.396 e. The fourth-order valence-corrected chi connectivity index (χ4v) is 1.76. The van der Waals surface area contributed by atoms with Crippen molar-refractivity contribution in [2.24, 2.45) is 0 Å². The lowest BCUT2D eigenvalue weighted by Crippen LogP contribution is -2.30. The average molecular weight is 248 g/mol. The van der Waals surface area contributed by atoms with Crippen molar-refractivity contribution in [3.63, 3.8) is 0 Å². The Hall–Kier alpha value is -0.750. The Bertz CT molecular complexity index is 212. The standard InChI is InChI=1S/C10H20N2O3S/c1-9(14)11-4-3-10(15)12-5-8-16-7-2-6-13/h13H,2-8H2,1H3,(H,11,14)(H,12,15). The van der Waals surface area contributed by atoms with Crippen LogP contribution in [0, 0.1) is 0 Å². The molecular formula is C10H20N2O3S. The fourth-order valence-electron chi connectivity index (χ4n) is 0.972. The Kier molecular flexibility index (Phi) is 10.3. The van der Waals surface area contributed by atoms with Gasteiger partial charge in [0.15, 0.2) is 0 Å². The molecule has 0 fully saturated rings. The minimum absolute atomic E-state index is 0.0449. The van der Waals surface area contributed by atoms with E-state index in [9.17, 15) is 9.59 Å². The molecule has 0 aliphatic heterocycles. The van der Waals surface area contributed by atoms with Gasteiger partial charge in [0.1, 0.15) is 0 Å². The smallest absolute Gasteiger partial charge is 0.221 e. The lowest BCUT2D eigenvalue weighted by molar-refractivity contribution is -0.121. The van der Waals surface area contributed by atoms with Gasteiger partial charge in [0.2, 0.25) is 11.8 Å². The van der Waals surface area contributed by atoms with Gasteiger partial charge in [-0.3, -0.25) is 9.59 Å². The van der Waals surface area contributed by atoms with E-state index in [1.54, 1.807) is 11.8 Å². The Morgan fingerprint density at radius 3 is 2.56 bits per heavy atom. The van der Waals surface area contributed by atoms with Gasteiger partial charge in [-0.1, -0.05) is 0 Å². The second-order valence-electron chi connectivity index (χ2n) is 3.27. The highest BCUT2D eigenvalue weighted by Gasteiger charge is 2.00. The molecule has 0 aromatic rings. The molecule has 0 rings (SSSR count). The predicted molar refractivity (Wildman–Crippen MR) is 65.3 cm³/mol. The molecule has 6 heteroatoms. The molecule has 94 valence electrons. The van der Waals surface area contributed by atoms with Gasteiger partial charge in [0.05, 0.1) is 0 Å². The number of thioether (sulfide) groups is 1.